The van der Waals surface area contributed by atoms with Gasteiger partial charge in [0.1, 0.15) is 6.04 Å². The Hall–Kier alpha value is -2.90. The monoisotopic (exact) mass is 370 g/mol. The Labute approximate surface area is 157 Å². The van der Waals surface area contributed by atoms with E-state index in [1.807, 2.05) is 18.2 Å². The van der Waals surface area contributed by atoms with Gasteiger partial charge < -0.3 is 14.7 Å². The Balaban J connectivity index is 1.50. The van der Waals surface area contributed by atoms with Crippen LogP contribution in [-0.4, -0.2) is 72.7 Å². The molecule has 0 spiro atoms. The second-order valence-electron chi connectivity index (χ2n) is 7.19. The summed E-state index contributed by atoms with van der Waals surface area (Å²) in [5, 5.41) is 2.32. The van der Waals surface area contributed by atoms with Gasteiger partial charge in [-0.15, -0.1) is 0 Å². The van der Waals surface area contributed by atoms with Crippen LogP contribution in [0.25, 0.3) is 0 Å². The Kier molecular flexibility index (Phi) is 4.55. The van der Waals surface area contributed by atoms with E-state index in [0.29, 0.717) is 38.0 Å². The van der Waals surface area contributed by atoms with Gasteiger partial charge in [-0.1, -0.05) is 0 Å². The molecule has 3 aliphatic heterocycles. The van der Waals surface area contributed by atoms with Crippen molar-refractivity contribution in [3.05, 3.63) is 29.3 Å². The van der Waals surface area contributed by atoms with Gasteiger partial charge >= 0.3 is 0 Å². The molecular weight excluding hydrogens is 348 g/mol. The number of benzene rings is 1. The van der Waals surface area contributed by atoms with Gasteiger partial charge in [0.25, 0.3) is 5.91 Å². The third-order valence-corrected chi connectivity index (χ3v) is 5.62. The summed E-state index contributed by atoms with van der Waals surface area (Å²) in [6.07, 6.45) is 2.21. The average Bonchev–Trinajstić information content (AvgIpc) is 2.69. The molecule has 2 saturated heterocycles. The molecule has 4 rings (SSSR count). The van der Waals surface area contributed by atoms with Crippen LogP contribution in [0.15, 0.2) is 18.2 Å². The predicted octanol–water partition coefficient (Wildman–Crippen LogP) is -0.231. The lowest BCUT2D eigenvalue weighted by Gasteiger charge is -2.37. The van der Waals surface area contributed by atoms with Gasteiger partial charge in [0.15, 0.2) is 0 Å². The van der Waals surface area contributed by atoms with Crippen molar-refractivity contribution in [2.24, 2.45) is 0 Å². The van der Waals surface area contributed by atoms with Gasteiger partial charge in [0.2, 0.25) is 18.2 Å². The molecule has 0 aromatic heterocycles. The second-order valence-corrected chi connectivity index (χ2v) is 7.19. The molecule has 8 heteroatoms. The fourth-order valence-corrected chi connectivity index (χ4v) is 4.05. The predicted molar refractivity (Wildman–Crippen MR) is 97.2 cm³/mol. The average molecular weight is 370 g/mol. The van der Waals surface area contributed by atoms with Gasteiger partial charge in [-0.05, 0) is 36.6 Å². The summed E-state index contributed by atoms with van der Waals surface area (Å²) in [7, 11) is 0. The maximum Gasteiger partial charge on any atom is 0.254 e. The highest BCUT2D eigenvalue weighted by Crippen LogP contribution is 2.27. The summed E-state index contributed by atoms with van der Waals surface area (Å²) >= 11 is 0. The molecule has 3 heterocycles. The standard InChI is InChI=1S/C19H22N4O4/c24-12-21-7-9-22(10-8-21)14-1-2-15-13(11-14)5-6-23(19(15)27)16-3-4-17(25)20-18(16)26/h1-2,11-12,16H,3-10H2,(H,20,25,26). The van der Waals surface area contributed by atoms with Crippen LogP contribution in [-0.2, 0) is 20.8 Å². The van der Waals surface area contributed by atoms with Gasteiger partial charge in [-0.3, -0.25) is 24.5 Å². The smallest absolute Gasteiger partial charge is 0.254 e. The van der Waals surface area contributed by atoms with E-state index in [9.17, 15) is 19.2 Å². The van der Waals surface area contributed by atoms with Crippen molar-refractivity contribution in [1.29, 1.82) is 0 Å². The Morgan fingerprint density at radius 1 is 1.00 bits per heavy atom. The molecular formula is C19H22N4O4. The highest BCUT2D eigenvalue weighted by atomic mass is 16.2. The third-order valence-electron chi connectivity index (χ3n) is 5.62. The number of imide groups is 1. The molecule has 1 aromatic carbocycles. The van der Waals surface area contributed by atoms with Gasteiger partial charge in [0.05, 0.1) is 0 Å². The molecule has 4 amide bonds. The van der Waals surface area contributed by atoms with E-state index in [2.05, 4.69) is 10.2 Å². The molecule has 0 saturated carbocycles. The molecule has 27 heavy (non-hydrogen) atoms. The van der Waals surface area contributed by atoms with Crippen molar-refractivity contribution in [3.63, 3.8) is 0 Å². The minimum absolute atomic E-state index is 0.150. The number of anilines is 1. The first-order valence-corrected chi connectivity index (χ1v) is 9.28. The van der Waals surface area contributed by atoms with Crippen LogP contribution in [0.2, 0.25) is 0 Å². The number of nitrogens with one attached hydrogen (secondary N) is 1. The minimum Gasteiger partial charge on any atom is -0.368 e. The topological polar surface area (TPSA) is 90.0 Å². The number of fused-ring (bicyclic) bond motifs is 1. The lowest BCUT2D eigenvalue weighted by molar-refractivity contribution is -0.137. The molecule has 0 radical (unpaired) electrons. The largest absolute Gasteiger partial charge is 0.368 e. The first-order chi connectivity index (χ1) is 13.1. The zero-order chi connectivity index (χ0) is 19.0. The fourth-order valence-electron chi connectivity index (χ4n) is 4.05. The summed E-state index contributed by atoms with van der Waals surface area (Å²) in [6, 6.07) is 5.24. The summed E-state index contributed by atoms with van der Waals surface area (Å²) in [6.45, 7) is 3.41. The number of piperidine rings is 1. The summed E-state index contributed by atoms with van der Waals surface area (Å²) in [5.74, 6) is -0.809. The van der Waals surface area contributed by atoms with E-state index in [-0.39, 0.29) is 24.1 Å². The zero-order valence-corrected chi connectivity index (χ0v) is 15.0. The van der Waals surface area contributed by atoms with Crippen LogP contribution < -0.4 is 10.2 Å². The maximum absolute atomic E-state index is 12.9. The first kappa shape index (κ1) is 17.5. The molecule has 142 valence electrons. The molecule has 8 nitrogen and oxygen atoms in total. The number of rotatable bonds is 3. The van der Waals surface area contributed by atoms with Gasteiger partial charge in [-0.2, -0.15) is 0 Å². The van der Waals surface area contributed by atoms with Gasteiger partial charge in [-0.25, -0.2) is 0 Å². The molecule has 0 aliphatic carbocycles. The van der Waals surface area contributed by atoms with E-state index in [1.165, 1.54) is 0 Å². The summed E-state index contributed by atoms with van der Waals surface area (Å²) in [5.41, 5.74) is 2.67. The SMILES string of the molecule is O=CN1CCN(c2ccc3c(c2)CCN(C2CCC(=O)NC2=O)C3=O)CC1. The molecule has 0 bridgehead atoms. The van der Waals surface area contributed by atoms with Crippen molar-refractivity contribution in [2.45, 2.75) is 25.3 Å². The normalized spacial score (nSPS) is 23.2. The van der Waals surface area contributed by atoms with E-state index < -0.39 is 6.04 Å². The lowest BCUT2D eigenvalue weighted by Crippen LogP contribution is -2.56. The van der Waals surface area contributed by atoms with Crippen LogP contribution in [0.5, 0.6) is 0 Å². The summed E-state index contributed by atoms with van der Waals surface area (Å²) in [4.78, 5) is 52.8. The van der Waals surface area contributed by atoms with Crippen molar-refractivity contribution in [1.82, 2.24) is 15.1 Å². The van der Waals surface area contributed by atoms with E-state index in [4.69, 9.17) is 0 Å². The zero-order valence-electron chi connectivity index (χ0n) is 15.0. The molecule has 1 unspecified atom stereocenters. The first-order valence-electron chi connectivity index (χ1n) is 9.28. The highest BCUT2D eigenvalue weighted by molar-refractivity contribution is 6.04. The minimum atomic E-state index is -0.570. The quantitative estimate of drug-likeness (QED) is 0.586. The highest BCUT2D eigenvalue weighted by Gasteiger charge is 2.37. The maximum atomic E-state index is 12.9. The number of carbonyl (C=O) groups is 4. The number of amides is 4. The molecule has 3 aliphatic rings. The second kappa shape index (κ2) is 7.02. The lowest BCUT2D eigenvalue weighted by atomic mass is 9.94. The molecule has 2 fully saturated rings. The van der Waals surface area contributed by atoms with E-state index >= 15 is 0 Å². The molecule has 1 atom stereocenters. The Morgan fingerprint density at radius 3 is 2.48 bits per heavy atom. The van der Waals surface area contributed by atoms with Crippen molar-refractivity contribution < 1.29 is 19.2 Å². The van der Waals surface area contributed by atoms with Crippen LogP contribution in [0, 0.1) is 0 Å². The van der Waals surface area contributed by atoms with E-state index in [0.717, 1.165) is 30.8 Å². The number of nitrogens with zero attached hydrogens (tertiary/aromatic N) is 3. The Morgan fingerprint density at radius 2 is 1.78 bits per heavy atom. The molecule has 1 N–H and O–H groups in total. The van der Waals surface area contributed by atoms with E-state index in [1.54, 1.807) is 9.80 Å². The number of hydrogen-bond donors (Lipinski definition) is 1. The third kappa shape index (κ3) is 3.27. The van der Waals surface area contributed by atoms with Crippen LogP contribution in [0.4, 0.5) is 5.69 Å². The van der Waals surface area contributed by atoms with Crippen LogP contribution >= 0.6 is 0 Å². The summed E-state index contributed by atoms with van der Waals surface area (Å²) < 4.78 is 0. The van der Waals surface area contributed by atoms with Crippen molar-refractivity contribution >= 4 is 29.8 Å². The number of piperazine rings is 1. The molecule has 1 aromatic rings. The fraction of sp³-hybridized carbons (Fsp3) is 0.474. The van der Waals surface area contributed by atoms with Gasteiger partial charge in [0, 0.05) is 50.4 Å². The van der Waals surface area contributed by atoms with Crippen molar-refractivity contribution in [2.75, 3.05) is 37.6 Å². The number of carbonyl (C=O) groups excluding carboxylic acids is 4. The van der Waals surface area contributed by atoms with Crippen molar-refractivity contribution in [3.8, 4) is 0 Å². The Bertz CT molecular complexity index is 801. The number of hydrogen-bond acceptors (Lipinski definition) is 5. The van der Waals surface area contributed by atoms with Crippen LogP contribution in [0.3, 0.4) is 0 Å². The van der Waals surface area contributed by atoms with Crippen LogP contribution in [0.1, 0.15) is 28.8 Å².